The van der Waals surface area contributed by atoms with Gasteiger partial charge >= 0.3 is 107 Å². The Kier molecular flexibility index (Phi) is 8430. The third-order valence-electron chi connectivity index (χ3n) is 0. The van der Waals surface area contributed by atoms with E-state index in [1.165, 1.54) is 0 Å². The summed E-state index contributed by atoms with van der Waals surface area (Å²) in [5.74, 6) is 0. The van der Waals surface area contributed by atoms with Gasteiger partial charge in [0, 0.05) is 0 Å². The predicted molar refractivity (Wildman–Crippen MR) is 112 cm³/mol. The standard InChI is InChI=1S/18CN.4Al.3Fe/c18*1-2;;;;;;;/q18*-1;;;2*+3;;;+4. The van der Waals surface area contributed by atoms with Crippen molar-refractivity contribution in [3.8, 4) is 0 Å². The first-order valence-electron chi connectivity index (χ1n) is 4.43. The molecule has 0 aromatic heterocycles. The van der Waals surface area contributed by atoms with E-state index in [-0.39, 0.29) is 51.8 Å². The summed E-state index contributed by atoms with van der Waals surface area (Å²) < 4.78 is 0. The van der Waals surface area contributed by atoms with Crippen LogP contribution in [0.5, 0.6) is 0 Å². The van der Waals surface area contributed by atoms with Gasteiger partial charge in [-0.1, -0.05) is 0 Å². The molecule has 0 aromatic carbocycles. The van der Waals surface area contributed by atoms with E-state index in [9.17, 15) is 0 Å². The average Bonchev–Trinajstić information content (AvgIpc) is 3.21. The summed E-state index contributed by atoms with van der Waals surface area (Å²) >= 11 is 10.7. The summed E-state index contributed by atoms with van der Waals surface area (Å²) in [6.07, 6.45) is 0. The zero-order valence-electron chi connectivity index (χ0n) is 20.4. The number of nitrogens with zero attached hydrogens (tertiary/aromatic N) is 18. The van der Waals surface area contributed by atoms with Crippen LogP contribution >= 0.6 is 0 Å². The molecule has 0 fully saturated rings. The molecule has 0 rings (SSSR count). The molecule has 0 N–H and O–H groups in total. The predicted octanol–water partition coefficient (Wildman–Crippen LogP) is 0.204. The molecule has 0 saturated heterocycles. The van der Waals surface area contributed by atoms with Gasteiger partial charge in [-0.3, -0.25) is 0 Å². The summed E-state index contributed by atoms with van der Waals surface area (Å²) in [5.41, 5.74) is 0. The summed E-state index contributed by atoms with van der Waals surface area (Å²) in [6.45, 7) is 85.5. The maximum atomic E-state index is 6.25. The molecule has 0 aliphatic heterocycles. The smallest absolute Gasteiger partial charge is 0.512 e. The number of hydrogen-bond donors (Lipinski definition) is 0. The van der Waals surface area contributed by atoms with Gasteiger partial charge in [0.1, 0.15) is 0 Å². The minimum absolute atomic E-state index is 0. The molecule has 0 aliphatic carbocycles. The Balaban J connectivity index is -0.00000000465. The van der Waals surface area contributed by atoms with Crippen molar-refractivity contribution < 1.29 is 44.3 Å². The molecule has 25 heteroatoms. The Bertz CT molecular complexity index is 408. The van der Waals surface area contributed by atoms with Crippen LogP contribution < -0.4 is 0 Å². The zero-order chi connectivity index (χ0) is 40.0. The van der Waals surface area contributed by atoms with E-state index in [1.807, 2.05) is 0 Å². The molecular weight excluding hydrogens is 744 g/mol. The van der Waals surface area contributed by atoms with Crippen molar-refractivity contribution in [1.82, 2.24) is 0 Å². The molecule has 0 amide bonds. The van der Waals surface area contributed by atoms with Gasteiger partial charge in [-0.05, 0) is 0 Å². The van der Waals surface area contributed by atoms with Crippen LogP contribution in [0.3, 0.4) is 0 Å². The summed E-state index contributed by atoms with van der Waals surface area (Å²) in [4.78, 5) is 0. The first-order valence-corrected chi connectivity index (χ1v) is 9.07. The molecule has 18 nitrogen and oxygen atoms in total. The van der Waals surface area contributed by atoms with Crippen molar-refractivity contribution in [1.29, 1.82) is 94.7 Å². The van der Waals surface area contributed by atoms with Gasteiger partial charge in [0.2, 0.25) is 0 Å². The van der Waals surface area contributed by atoms with E-state index < -0.39 is 0 Å². The molecule has 0 aromatic rings. The Hall–Kier alpha value is -5.49. The first-order chi connectivity index (χ1) is 20.0. The second kappa shape index (κ2) is 1530. The largest absolute Gasteiger partial charge is 4.00 e. The van der Waals surface area contributed by atoms with Crippen LogP contribution in [0.4, 0.5) is 0 Å². The summed E-state index contributed by atoms with van der Waals surface area (Å²) in [6, 6.07) is 0. The quantitative estimate of drug-likeness (QED) is 0.236. The van der Waals surface area contributed by atoms with E-state index >= 15 is 0 Å². The molecule has 0 unspecified atom stereocenters. The van der Waals surface area contributed by atoms with E-state index in [4.69, 9.17) is 213 Å². The van der Waals surface area contributed by atoms with Gasteiger partial charge in [0.15, 0.2) is 0 Å². The minimum atomic E-state index is 0. The maximum absolute atomic E-state index is 6.25. The van der Waals surface area contributed by atoms with Crippen LogP contribution in [0.2, 0.25) is 0 Å². The molecule has 0 heterocycles. The van der Waals surface area contributed by atoms with E-state index in [0.717, 1.165) is 0 Å². The number of hydrogen-bond acceptors (Lipinski definition) is 18. The molecule has 0 aliphatic rings. The van der Waals surface area contributed by atoms with Crippen LogP contribution in [0.25, 0.3) is 0 Å². The topological polar surface area (TPSA) is 428 Å². The minimum Gasteiger partial charge on any atom is -0.512 e. The van der Waals surface area contributed by atoms with Crippen LogP contribution in [0, 0.1) is 213 Å². The molecular formula is C18Al4Fe3N18-8. The van der Waals surface area contributed by atoms with E-state index in [2.05, 4.69) is 55.0 Å². The van der Waals surface area contributed by atoms with Crippen LogP contribution in [0.15, 0.2) is 0 Å². The fraction of sp³-hybridized carbons (Fsp3) is 0. The molecule has 206 valence electrons. The van der Waals surface area contributed by atoms with Crippen molar-refractivity contribution in [2.75, 3.05) is 0 Å². The van der Waals surface area contributed by atoms with Crippen LogP contribution in [0.1, 0.15) is 0 Å². The van der Waals surface area contributed by atoms with E-state index in [1.54, 1.807) is 0 Å². The Morgan fingerprint density at radius 2 is 0.186 bits per heavy atom. The fourth-order valence-corrected chi connectivity index (χ4v) is 0. The SMILES string of the molecule is [Al+3].[Al+3].[Al]=[Fe].[Al]=[Fe].[C-]#N.[C-]#N.[C-]#N.[C-]#N.[C-]#N.[C-]#N.[C-]#N.[C-]#N.[C-]#N.[C-]#N.[C-]#N.[C-]#N.[C-]#N.[C-]#N.[C-]#N.[C-]#N.[C-]#N.[C-]#N.[Fe+4]. The first kappa shape index (κ1) is 238. The van der Waals surface area contributed by atoms with Crippen molar-refractivity contribution in [3.05, 3.63) is 118 Å². The van der Waals surface area contributed by atoms with E-state index in [0.29, 0.717) is 0 Å². The third kappa shape index (κ3) is 1440. The number of rotatable bonds is 0. The molecule has 43 heavy (non-hydrogen) atoms. The molecule has 0 bridgehead atoms. The van der Waals surface area contributed by atoms with Crippen LogP contribution in [-0.2, 0) is 44.3 Å². The van der Waals surface area contributed by atoms with Crippen LogP contribution in [-0.4, -0.2) is 62.5 Å². The second-order valence-electron chi connectivity index (χ2n) is 0. The van der Waals surface area contributed by atoms with Gasteiger partial charge in [-0.25, -0.2) is 0 Å². The molecule has 0 saturated carbocycles. The summed E-state index contributed by atoms with van der Waals surface area (Å²) in [7, 11) is 0. The fourth-order valence-electron chi connectivity index (χ4n) is 0. The molecule has 2 radical (unpaired) electrons. The Labute approximate surface area is 317 Å². The van der Waals surface area contributed by atoms with Gasteiger partial charge in [-0.15, -0.1) is 0 Å². The Morgan fingerprint density at radius 1 is 0.186 bits per heavy atom. The summed E-state index contributed by atoms with van der Waals surface area (Å²) in [5, 5.41) is 112. The van der Waals surface area contributed by atoms with Gasteiger partial charge < -0.3 is 213 Å². The average molecular weight is 744 g/mol. The maximum Gasteiger partial charge on any atom is 4.00 e. The Morgan fingerprint density at radius 3 is 0.186 bits per heavy atom. The van der Waals surface area contributed by atoms with Gasteiger partial charge in [-0.2, -0.15) is 0 Å². The van der Waals surface area contributed by atoms with Crippen molar-refractivity contribution in [2.45, 2.75) is 0 Å². The zero-order valence-corrected chi connectivity index (χ0v) is 28.4. The van der Waals surface area contributed by atoms with Gasteiger partial charge in [0.05, 0.1) is 0 Å². The molecule has 0 spiro atoms. The third-order valence-corrected chi connectivity index (χ3v) is 0. The van der Waals surface area contributed by atoms with Crippen molar-refractivity contribution >= 4 is 62.5 Å². The molecule has 0 atom stereocenters. The van der Waals surface area contributed by atoms with Crippen molar-refractivity contribution in [3.63, 3.8) is 0 Å². The normalized spacial score (nSPS) is 1.02. The van der Waals surface area contributed by atoms with Crippen molar-refractivity contribution in [2.24, 2.45) is 0 Å². The monoisotopic (exact) mass is 744 g/mol. The second-order valence-corrected chi connectivity index (χ2v) is 0. The van der Waals surface area contributed by atoms with Gasteiger partial charge in [0.25, 0.3) is 0 Å².